The molecular formula is C27H36N2O4. The molecular weight excluding hydrogens is 416 g/mol. The number of fused-ring (bicyclic) bond motifs is 1. The Morgan fingerprint density at radius 3 is 2.91 bits per heavy atom. The Kier molecular flexibility index (Phi) is 7.53. The molecule has 0 aromatic heterocycles. The van der Waals surface area contributed by atoms with Crippen LogP contribution >= 0.6 is 0 Å². The van der Waals surface area contributed by atoms with Crippen LogP contribution in [0.5, 0.6) is 11.5 Å². The standard InChI is InChI=1S/C27H36N2O4/c1-27(11-2-3-12-27)13-4-5-22(30)16-23(31)8-6-20-7-9-25(32)26(15-20)33-19-29-17-21-10-14-28-24(21)18-29/h7,9-10,14-15,17,22,30,32H,2-6,8,11-13,16,18-19H2,1H3/t22-/m1/s1. The second-order valence-electron chi connectivity index (χ2n) is 10.1. The van der Waals surface area contributed by atoms with Crippen molar-refractivity contribution in [1.82, 2.24) is 4.90 Å². The Balaban J connectivity index is 1.18. The molecule has 6 heteroatoms. The van der Waals surface area contributed by atoms with Gasteiger partial charge in [-0.25, -0.2) is 0 Å². The summed E-state index contributed by atoms with van der Waals surface area (Å²) in [6, 6.07) is 5.22. The van der Waals surface area contributed by atoms with Crippen LogP contribution in [0.15, 0.2) is 47.2 Å². The first-order valence-electron chi connectivity index (χ1n) is 12.2. The molecule has 0 spiro atoms. The number of phenols is 1. The van der Waals surface area contributed by atoms with E-state index in [1.165, 1.54) is 25.7 Å². The molecule has 2 heterocycles. The molecule has 0 bridgehead atoms. The van der Waals surface area contributed by atoms with Gasteiger partial charge in [-0.3, -0.25) is 9.79 Å². The number of Topliss-reactive ketones (excluding diaryl/α,β-unsaturated/α-hetero) is 1. The van der Waals surface area contributed by atoms with E-state index in [2.05, 4.69) is 11.9 Å². The van der Waals surface area contributed by atoms with Crippen molar-refractivity contribution in [3.63, 3.8) is 0 Å². The van der Waals surface area contributed by atoms with E-state index in [4.69, 9.17) is 4.74 Å². The van der Waals surface area contributed by atoms with E-state index < -0.39 is 6.10 Å². The third-order valence-corrected chi connectivity index (χ3v) is 7.19. The van der Waals surface area contributed by atoms with Gasteiger partial charge in [-0.1, -0.05) is 32.3 Å². The maximum absolute atomic E-state index is 12.4. The fraction of sp³-hybridized carbons (Fsp3) is 0.556. The molecule has 3 aliphatic rings. The lowest BCUT2D eigenvalue weighted by Crippen LogP contribution is -2.23. The van der Waals surface area contributed by atoms with Crippen molar-refractivity contribution >= 4 is 11.5 Å². The largest absolute Gasteiger partial charge is 0.504 e. The number of aliphatic hydroxyl groups excluding tert-OH is 1. The number of rotatable bonds is 12. The second-order valence-corrected chi connectivity index (χ2v) is 10.1. The molecule has 1 aromatic rings. The van der Waals surface area contributed by atoms with E-state index in [1.54, 1.807) is 18.3 Å². The Morgan fingerprint density at radius 2 is 2.12 bits per heavy atom. The van der Waals surface area contributed by atoms with Gasteiger partial charge in [0.05, 0.1) is 18.4 Å². The minimum atomic E-state index is -0.547. The van der Waals surface area contributed by atoms with E-state index in [0.29, 0.717) is 43.7 Å². The number of ether oxygens (including phenoxy) is 1. The third kappa shape index (κ3) is 6.47. The Labute approximate surface area is 196 Å². The van der Waals surface area contributed by atoms with Crippen molar-refractivity contribution in [2.45, 2.75) is 77.2 Å². The number of aliphatic imine (C=N–C) groups is 1. The quantitative estimate of drug-likeness (QED) is 0.471. The van der Waals surface area contributed by atoms with Crippen molar-refractivity contribution in [3.8, 4) is 11.5 Å². The van der Waals surface area contributed by atoms with Crippen LogP contribution < -0.4 is 4.74 Å². The minimum absolute atomic E-state index is 0.0779. The van der Waals surface area contributed by atoms with Gasteiger partial charge in [0, 0.05) is 30.8 Å². The van der Waals surface area contributed by atoms with Gasteiger partial charge in [-0.2, -0.15) is 0 Å². The lowest BCUT2D eigenvalue weighted by Gasteiger charge is -2.23. The molecule has 1 fully saturated rings. The van der Waals surface area contributed by atoms with Crippen molar-refractivity contribution in [3.05, 3.63) is 47.8 Å². The van der Waals surface area contributed by atoms with E-state index in [-0.39, 0.29) is 18.0 Å². The normalized spacial score (nSPS) is 19.4. The molecule has 4 rings (SSSR count). The molecule has 2 N–H and O–H groups in total. The van der Waals surface area contributed by atoms with Crippen molar-refractivity contribution in [1.29, 1.82) is 0 Å². The highest BCUT2D eigenvalue weighted by Gasteiger charge is 2.28. The number of aromatic hydroxyl groups is 1. The number of nitrogens with zero attached hydrogens (tertiary/aromatic N) is 2. The number of hydrogen-bond donors (Lipinski definition) is 2. The van der Waals surface area contributed by atoms with Gasteiger partial charge in [0.15, 0.2) is 18.2 Å². The molecule has 1 aliphatic carbocycles. The maximum Gasteiger partial charge on any atom is 0.163 e. The number of benzene rings is 1. The van der Waals surface area contributed by atoms with Gasteiger partial charge in [-0.05, 0) is 61.3 Å². The summed E-state index contributed by atoms with van der Waals surface area (Å²) in [5.74, 6) is 0.572. The van der Waals surface area contributed by atoms with Crippen molar-refractivity contribution in [2.75, 3.05) is 13.3 Å². The highest BCUT2D eigenvalue weighted by molar-refractivity contribution is 6.07. The summed E-state index contributed by atoms with van der Waals surface area (Å²) in [7, 11) is 0. The number of ketones is 1. The van der Waals surface area contributed by atoms with Crippen LogP contribution in [0.2, 0.25) is 0 Å². The second kappa shape index (κ2) is 10.6. The molecule has 0 saturated heterocycles. The zero-order chi connectivity index (χ0) is 23.3. The van der Waals surface area contributed by atoms with Crippen LogP contribution in [-0.4, -0.2) is 46.0 Å². The first kappa shape index (κ1) is 23.6. The van der Waals surface area contributed by atoms with Crippen LogP contribution in [0.4, 0.5) is 0 Å². The zero-order valence-corrected chi connectivity index (χ0v) is 19.6. The highest BCUT2D eigenvalue weighted by Crippen LogP contribution is 2.41. The number of aryl methyl sites for hydroxylation is 1. The van der Waals surface area contributed by atoms with Gasteiger partial charge in [-0.15, -0.1) is 0 Å². The fourth-order valence-electron chi connectivity index (χ4n) is 5.12. The Morgan fingerprint density at radius 1 is 1.30 bits per heavy atom. The molecule has 2 aliphatic heterocycles. The average Bonchev–Trinajstić information content (AvgIpc) is 3.49. The van der Waals surface area contributed by atoms with E-state index in [1.807, 2.05) is 23.2 Å². The maximum atomic E-state index is 12.4. The van der Waals surface area contributed by atoms with Crippen molar-refractivity contribution in [2.24, 2.45) is 10.4 Å². The van der Waals surface area contributed by atoms with Crippen LogP contribution in [0.1, 0.15) is 70.3 Å². The minimum Gasteiger partial charge on any atom is -0.504 e. The lowest BCUT2D eigenvalue weighted by molar-refractivity contribution is -0.121. The molecule has 1 aromatic carbocycles. The first-order chi connectivity index (χ1) is 15.9. The highest BCUT2D eigenvalue weighted by atomic mass is 16.5. The topological polar surface area (TPSA) is 82.4 Å². The van der Waals surface area contributed by atoms with Gasteiger partial charge in [0.1, 0.15) is 5.78 Å². The van der Waals surface area contributed by atoms with Crippen LogP contribution in [0.3, 0.4) is 0 Å². The molecule has 6 nitrogen and oxygen atoms in total. The Hall–Kier alpha value is -2.60. The molecule has 178 valence electrons. The van der Waals surface area contributed by atoms with Gasteiger partial charge < -0.3 is 19.8 Å². The SMILES string of the molecule is CC1(CCC[C@@H](O)CC(=O)CCc2ccc(O)c(OCN3C=C4C=CN=C4C3)c2)CCCC1. The van der Waals surface area contributed by atoms with Gasteiger partial charge >= 0.3 is 0 Å². The smallest absolute Gasteiger partial charge is 0.163 e. The molecule has 0 radical (unpaired) electrons. The predicted molar refractivity (Wildman–Crippen MR) is 129 cm³/mol. The number of aliphatic hydroxyl groups is 1. The summed E-state index contributed by atoms with van der Waals surface area (Å²) >= 11 is 0. The average molecular weight is 453 g/mol. The predicted octanol–water partition coefficient (Wildman–Crippen LogP) is 4.90. The fourth-order valence-corrected chi connectivity index (χ4v) is 5.12. The van der Waals surface area contributed by atoms with Crippen molar-refractivity contribution < 1.29 is 19.7 Å². The van der Waals surface area contributed by atoms with E-state index in [0.717, 1.165) is 29.7 Å². The lowest BCUT2D eigenvalue weighted by atomic mass is 9.83. The molecule has 33 heavy (non-hydrogen) atoms. The monoisotopic (exact) mass is 452 g/mol. The van der Waals surface area contributed by atoms with E-state index in [9.17, 15) is 15.0 Å². The molecule has 1 atom stereocenters. The molecule has 0 unspecified atom stereocenters. The summed E-state index contributed by atoms with van der Waals surface area (Å²) < 4.78 is 5.82. The molecule has 1 saturated carbocycles. The summed E-state index contributed by atoms with van der Waals surface area (Å²) in [6.07, 6.45) is 14.5. The Bertz CT molecular complexity index is 943. The molecule has 0 amide bonds. The number of carbonyl (C=O) groups excluding carboxylic acids is 1. The van der Waals surface area contributed by atoms with Gasteiger partial charge in [0.2, 0.25) is 0 Å². The summed E-state index contributed by atoms with van der Waals surface area (Å²) in [5.41, 5.74) is 3.51. The van der Waals surface area contributed by atoms with Crippen LogP contribution in [-0.2, 0) is 11.2 Å². The summed E-state index contributed by atoms with van der Waals surface area (Å²) in [6.45, 7) is 3.36. The van der Waals surface area contributed by atoms with Gasteiger partial charge in [0.25, 0.3) is 0 Å². The van der Waals surface area contributed by atoms with Crippen LogP contribution in [0, 0.1) is 5.41 Å². The van der Waals surface area contributed by atoms with E-state index >= 15 is 0 Å². The number of hydrogen-bond acceptors (Lipinski definition) is 6. The third-order valence-electron chi connectivity index (χ3n) is 7.19. The number of phenolic OH excluding ortho intramolecular Hbond substituents is 1. The first-order valence-corrected chi connectivity index (χ1v) is 12.2. The summed E-state index contributed by atoms with van der Waals surface area (Å²) in [4.78, 5) is 18.7. The summed E-state index contributed by atoms with van der Waals surface area (Å²) in [5, 5.41) is 20.4. The zero-order valence-electron chi connectivity index (χ0n) is 19.6. The van der Waals surface area contributed by atoms with Crippen LogP contribution in [0.25, 0.3) is 0 Å². The number of carbonyl (C=O) groups is 1. The number of allylic oxidation sites excluding steroid dienone is 1.